The molecule has 0 saturated carbocycles. The van der Waals surface area contributed by atoms with Gasteiger partial charge in [-0.15, -0.1) is 12.4 Å². The zero-order chi connectivity index (χ0) is 15.2. The van der Waals surface area contributed by atoms with Crippen molar-refractivity contribution in [1.29, 1.82) is 0 Å². The van der Waals surface area contributed by atoms with Gasteiger partial charge in [0.25, 0.3) is 0 Å². The third-order valence-electron chi connectivity index (χ3n) is 3.65. The predicted molar refractivity (Wildman–Crippen MR) is 88.4 cm³/mol. The van der Waals surface area contributed by atoms with E-state index in [1.54, 1.807) is 19.2 Å². The summed E-state index contributed by atoms with van der Waals surface area (Å²) in [4.78, 5) is 12.1. The third-order valence-corrected chi connectivity index (χ3v) is 3.90. The van der Waals surface area contributed by atoms with Crippen molar-refractivity contribution in [2.75, 3.05) is 20.2 Å². The molecule has 2 rings (SSSR count). The molecule has 0 radical (unpaired) electrons. The van der Waals surface area contributed by atoms with Crippen LogP contribution in [0.15, 0.2) is 24.3 Å². The Hall–Kier alpha value is -0.850. The first-order chi connectivity index (χ1) is 10.1. The second kappa shape index (κ2) is 9.33. The maximum atomic E-state index is 12.1. The number of ether oxygens (including phenoxy) is 2. The van der Waals surface area contributed by atoms with Gasteiger partial charge < -0.3 is 20.5 Å². The topological polar surface area (TPSA) is 73.6 Å². The number of benzene rings is 1. The zero-order valence-electron chi connectivity index (χ0n) is 12.5. The van der Waals surface area contributed by atoms with Crippen molar-refractivity contribution in [2.24, 2.45) is 5.73 Å². The summed E-state index contributed by atoms with van der Waals surface area (Å²) in [5.74, 6) is -0.109. The molecule has 1 amide bonds. The van der Waals surface area contributed by atoms with E-state index in [1.807, 2.05) is 12.1 Å². The molecule has 5 nitrogen and oxygen atoms in total. The van der Waals surface area contributed by atoms with E-state index in [2.05, 4.69) is 5.32 Å². The van der Waals surface area contributed by atoms with Gasteiger partial charge in [0.05, 0.1) is 12.2 Å². The highest BCUT2D eigenvalue weighted by atomic mass is 35.5. The summed E-state index contributed by atoms with van der Waals surface area (Å²) in [5.41, 5.74) is 6.51. The average Bonchev–Trinajstić information content (AvgIpc) is 2.98. The van der Waals surface area contributed by atoms with Crippen LogP contribution in [0, 0.1) is 0 Å². The molecular weight excluding hydrogens is 327 g/mol. The molecule has 124 valence electrons. The van der Waals surface area contributed by atoms with Crippen LogP contribution in [0.5, 0.6) is 0 Å². The average molecular weight is 349 g/mol. The zero-order valence-corrected chi connectivity index (χ0v) is 14.0. The van der Waals surface area contributed by atoms with Crippen LogP contribution in [-0.4, -0.2) is 38.3 Å². The van der Waals surface area contributed by atoms with E-state index in [0.717, 1.165) is 12.0 Å². The Kier molecular flexibility index (Phi) is 8.14. The number of carbonyl (C=O) groups excluding carboxylic acids is 1. The second-order valence-electron chi connectivity index (χ2n) is 5.08. The van der Waals surface area contributed by atoms with Gasteiger partial charge in [0.1, 0.15) is 6.10 Å². The van der Waals surface area contributed by atoms with Gasteiger partial charge in [-0.25, -0.2) is 0 Å². The van der Waals surface area contributed by atoms with Crippen molar-refractivity contribution in [1.82, 2.24) is 5.32 Å². The Morgan fingerprint density at radius 2 is 2.14 bits per heavy atom. The number of nitrogens with one attached hydrogen (secondary N) is 1. The summed E-state index contributed by atoms with van der Waals surface area (Å²) < 4.78 is 11.0. The molecule has 1 aliphatic rings. The van der Waals surface area contributed by atoms with Crippen molar-refractivity contribution >= 4 is 29.9 Å². The minimum absolute atomic E-state index is 0. The highest BCUT2D eigenvalue weighted by molar-refractivity contribution is 6.30. The summed E-state index contributed by atoms with van der Waals surface area (Å²) in [6, 6.07) is 7.38. The number of nitrogens with two attached hydrogens (primary N) is 1. The third kappa shape index (κ3) is 5.11. The lowest BCUT2D eigenvalue weighted by molar-refractivity contribution is -0.132. The van der Waals surface area contributed by atoms with Gasteiger partial charge in [0.2, 0.25) is 5.91 Å². The number of methoxy groups -OCH3 is 1. The minimum atomic E-state index is -0.402. The number of carbonyl (C=O) groups is 1. The number of rotatable bonds is 6. The Morgan fingerprint density at radius 3 is 2.68 bits per heavy atom. The maximum Gasteiger partial charge on any atom is 0.249 e. The van der Waals surface area contributed by atoms with Crippen LogP contribution in [0.1, 0.15) is 24.5 Å². The first-order valence-electron chi connectivity index (χ1n) is 7.05. The Morgan fingerprint density at radius 1 is 1.45 bits per heavy atom. The highest BCUT2D eigenvalue weighted by Gasteiger charge is 2.30. The van der Waals surface area contributed by atoms with Crippen LogP contribution in [-0.2, 0) is 14.3 Å². The van der Waals surface area contributed by atoms with Crippen LogP contribution >= 0.6 is 24.0 Å². The molecular formula is C15H22Cl2N2O3. The molecule has 1 saturated heterocycles. The Balaban J connectivity index is 0.00000242. The molecule has 3 atom stereocenters. The molecule has 0 aromatic heterocycles. The first-order valence-corrected chi connectivity index (χ1v) is 7.43. The number of hydrogen-bond acceptors (Lipinski definition) is 4. The van der Waals surface area contributed by atoms with Crippen LogP contribution in [0.2, 0.25) is 5.02 Å². The van der Waals surface area contributed by atoms with Crippen molar-refractivity contribution in [2.45, 2.75) is 31.2 Å². The fourth-order valence-electron chi connectivity index (χ4n) is 2.39. The SMILES string of the molecule is COC(CNC(=O)[C@@H]1CC[C@H](CN)O1)c1ccc(Cl)cc1.Cl. The lowest BCUT2D eigenvalue weighted by atomic mass is 10.1. The van der Waals surface area contributed by atoms with E-state index in [4.69, 9.17) is 26.8 Å². The van der Waals surface area contributed by atoms with Gasteiger partial charge in [0, 0.05) is 25.2 Å². The molecule has 1 heterocycles. The van der Waals surface area contributed by atoms with E-state index in [9.17, 15) is 4.79 Å². The minimum Gasteiger partial charge on any atom is -0.375 e. The van der Waals surface area contributed by atoms with Crippen molar-refractivity contribution < 1.29 is 14.3 Å². The summed E-state index contributed by atoms with van der Waals surface area (Å²) in [7, 11) is 1.61. The Bertz CT molecular complexity index is 470. The smallest absolute Gasteiger partial charge is 0.249 e. The number of hydrogen-bond donors (Lipinski definition) is 2. The molecule has 7 heteroatoms. The molecule has 1 fully saturated rings. The van der Waals surface area contributed by atoms with E-state index in [1.165, 1.54) is 0 Å². The van der Waals surface area contributed by atoms with E-state index >= 15 is 0 Å². The van der Waals surface area contributed by atoms with Crippen molar-refractivity contribution in [3.05, 3.63) is 34.9 Å². The molecule has 0 bridgehead atoms. The van der Waals surface area contributed by atoms with Gasteiger partial charge in [-0.05, 0) is 30.5 Å². The summed E-state index contributed by atoms with van der Waals surface area (Å²) >= 11 is 5.86. The predicted octanol–water partition coefficient (Wildman–Crippen LogP) is 2.07. The molecule has 3 N–H and O–H groups in total. The number of amides is 1. The molecule has 1 unspecified atom stereocenters. The Labute approximate surface area is 141 Å². The van der Waals surface area contributed by atoms with Crippen LogP contribution in [0.4, 0.5) is 0 Å². The molecule has 0 aliphatic carbocycles. The van der Waals surface area contributed by atoms with Gasteiger partial charge in [0.15, 0.2) is 0 Å². The molecule has 1 aromatic rings. The first kappa shape index (κ1) is 19.2. The molecule has 1 aromatic carbocycles. The van der Waals surface area contributed by atoms with Crippen molar-refractivity contribution in [3.8, 4) is 0 Å². The van der Waals surface area contributed by atoms with Crippen molar-refractivity contribution in [3.63, 3.8) is 0 Å². The lowest BCUT2D eigenvalue weighted by Gasteiger charge is -2.18. The van der Waals surface area contributed by atoms with Gasteiger partial charge in [-0.2, -0.15) is 0 Å². The van der Waals surface area contributed by atoms with E-state index < -0.39 is 6.10 Å². The van der Waals surface area contributed by atoms with Gasteiger partial charge in [-0.1, -0.05) is 23.7 Å². The summed E-state index contributed by atoms with van der Waals surface area (Å²) in [5, 5.41) is 3.54. The highest BCUT2D eigenvalue weighted by Crippen LogP contribution is 2.21. The van der Waals surface area contributed by atoms with E-state index in [0.29, 0.717) is 24.5 Å². The standard InChI is InChI=1S/C15H21ClN2O3.ClH/c1-20-14(10-2-4-11(16)5-3-10)9-18-15(19)13-7-6-12(8-17)21-13;/h2-5,12-14H,6-9,17H2,1H3,(H,18,19);1H/t12-,13+,14?;/m1./s1. The summed E-state index contributed by atoms with van der Waals surface area (Å²) in [6.45, 7) is 0.847. The quantitative estimate of drug-likeness (QED) is 0.825. The largest absolute Gasteiger partial charge is 0.375 e. The molecule has 22 heavy (non-hydrogen) atoms. The fraction of sp³-hybridized carbons (Fsp3) is 0.533. The molecule has 1 aliphatic heterocycles. The monoisotopic (exact) mass is 348 g/mol. The van der Waals surface area contributed by atoms with Crippen LogP contribution < -0.4 is 11.1 Å². The maximum absolute atomic E-state index is 12.1. The van der Waals surface area contributed by atoms with Crippen LogP contribution in [0.3, 0.4) is 0 Å². The van der Waals surface area contributed by atoms with Crippen LogP contribution in [0.25, 0.3) is 0 Å². The normalized spacial score (nSPS) is 22.0. The van der Waals surface area contributed by atoms with Gasteiger partial charge in [-0.3, -0.25) is 4.79 Å². The lowest BCUT2D eigenvalue weighted by Crippen LogP contribution is -2.38. The van der Waals surface area contributed by atoms with E-state index in [-0.39, 0.29) is 30.5 Å². The fourth-order valence-corrected chi connectivity index (χ4v) is 2.52. The van der Waals surface area contributed by atoms with Gasteiger partial charge >= 0.3 is 0 Å². The second-order valence-corrected chi connectivity index (χ2v) is 5.52. The molecule has 0 spiro atoms. The summed E-state index contributed by atoms with van der Waals surface area (Å²) in [6.07, 6.45) is 0.931. The number of halogens is 2.